The van der Waals surface area contributed by atoms with Crippen LogP contribution in [0.5, 0.6) is 0 Å². The molecule has 2 rings (SSSR count). The molecule has 0 amide bonds. The van der Waals surface area contributed by atoms with Crippen molar-refractivity contribution in [3.05, 3.63) is 33.9 Å². The van der Waals surface area contributed by atoms with Gasteiger partial charge in [0, 0.05) is 24.4 Å². The molecule has 0 saturated carbocycles. The minimum atomic E-state index is -1.20. The molecule has 0 aromatic heterocycles. The summed E-state index contributed by atoms with van der Waals surface area (Å²) < 4.78 is 5.28. The molecule has 0 spiro atoms. The van der Waals surface area contributed by atoms with E-state index in [0.29, 0.717) is 18.9 Å². The number of nitro benzene ring substituents is 1. The number of benzene rings is 1. The molecule has 2 N–H and O–H groups in total. The highest BCUT2D eigenvalue weighted by atomic mass is 16.6. The highest BCUT2D eigenvalue weighted by Crippen LogP contribution is 2.28. The molecule has 7 heteroatoms. The second kappa shape index (κ2) is 4.85. The number of nitrogens with one attached hydrogen (secondary N) is 1. The quantitative estimate of drug-likeness (QED) is 0.637. The Kier molecular flexibility index (Phi) is 3.39. The summed E-state index contributed by atoms with van der Waals surface area (Å²) in [6.07, 6.45) is 0.753. The number of anilines is 1. The van der Waals surface area contributed by atoms with E-state index in [0.717, 1.165) is 12.5 Å². The molecular weight excluding hydrogens is 252 g/mol. The van der Waals surface area contributed by atoms with Gasteiger partial charge in [-0.3, -0.25) is 10.1 Å². The lowest BCUT2D eigenvalue weighted by Gasteiger charge is -2.25. The molecule has 102 valence electrons. The van der Waals surface area contributed by atoms with Crippen LogP contribution in [-0.4, -0.2) is 34.8 Å². The van der Waals surface area contributed by atoms with Gasteiger partial charge in [-0.15, -0.1) is 0 Å². The Hall–Kier alpha value is -2.15. The van der Waals surface area contributed by atoms with E-state index in [1.165, 1.54) is 12.1 Å². The zero-order valence-corrected chi connectivity index (χ0v) is 10.4. The zero-order chi connectivity index (χ0) is 14.0. The first-order valence-electron chi connectivity index (χ1n) is 5.79. The summed E-state index contributed by atoms with van der Waals surface area (Å²) in [5.41, 5.74) is -0.329. The number of rotatable bonds is 4. The SMILES string of the molecule is CC1(Nc2ccc([N+](=O)[O-])cc2C(=O)O)CCOC1. The van der Waals surface area contributed by atoms with Crippen molar-refractivity contribution >= 4 is 17.3 Å². The summed E-state index contributed by atoms with van der Waals surface area (Å²) in [7, 11) is 0. The van der Waals surface area contributed by atoms with Gasteiger partial charge in [-0.05, 0) is 19.4 Å². The van der Waals surface area contributed by atoms with E-state index in [-0.39, 0.29) is 16.8 Å². The average molecular weight is 266 g/mol. The van der Waals surface area contributed by atoms with Gasteiger partial charge in [-0.2, -0.15) is 0 Å². The van der Waals surface area contributed by atoms with Crippen LogP contribution in [0.1, 0.15) is 23.7 Å². The Morgan fingerprint density at radius 3 is 2.84 bits per heavy atom. The normalized spacial score (nSPS) is 22.2. The molecule has 1 saturated heterocycles. The molecule has 1 atom stereocenters. The first kappa shape index (κ1) is 13.3. The summed E-state index contributed by atoms with van der Waals surface area (Å²) in [6, 6.07) is 3.77. The van der Waals surface area contributed by atoms with Gasteiger partial charge in [0.15, 0.2) is 0 Å². The monoisotopic (exact) mass is 266 g/mol. The Morgan fingerprint density at radius 1 is 1.58 bits per heavy atom. The van der Waals surface area contributed by atoms with Crippen molar-refractivity contribution in [1.82, 2.24) is 0 Å². The van der Waals surface area contributed by atoms with Crippen LogP contribution in [-0.2, 0) is 4.74 Å². The summed E-state index contributed by atoms with van der Waals surface area (Å²) in [5, 5.41) is 22.9. The molecule has 0 aliphatic carbocycles. The van der Waals surface area contributed by atoms with Crippen molar-refractivity contribution in [2.24, 2.45) is 0 Å². The molecular formula is C12H14N2O5. The fourth-order valence-electron chi connectivity index (χ4n) is 2.02. The number of nitrogens with zero attached hydrogens (tertiary/aromatic N) is 1. The fraction of sp³-hybridized carbons (Fsp3) is 0.417. The number of hydrogen-bond acceptors (Lipinski definition) is 5. The van der Waals surface area contributed by atoms with E-state index < -0.39 is 10.9 Å². The Labute approximate surface area is 109 Å². The molecule has 1 aromatic carbocycles. The van der Waals surface area contributed by atoms with Gasteiger partial charge in [0.1, 0.15) is 0 Å². The molecule has 1 aromatic rings. The topological polar surface area (TPSA) is 102 Å². The third-order valence-corrected chi connectivity index (χ3v) is 3.10. The first-order valence-corrected chi connectivity index (χ1v) is 5.79. The number of non-ortho nitro benzene ring substituents is 1. The number of nitro groups is 1. The van der Waals surface area contributed by atoms with Crippen molar-refractivity contribution in [2.45, 2.75) is 18.9 Å². The lowest BCUT2D eigenvalue weighted by molar-refractivity contribution is -0.384. The summed E-state index contributed by atoms with van der Waals surface area (Å²) >= 11 is 0. The third-order valence-electron chi connectivity index (χ3n) is 3.10. The van der Waals surface area contributed by atoms with Crippen LogP contribution in [0.25, 0.3) is 0 Å². The highest BCUT2D eigenvalue weighted by molar-refractivity contribution is 5.95. The lowest BCUT2D eigenvalue weighted by atomic mass is 10.00. The maximum absolute atomic E-state index is 11.2. The minimum absolute atomic E-state index is 0.109. The maximum Gasteiger partial charge on any atom is 0.338 e. The summed E-state index contributed by atoms with van der Waals surface area (Å²) in [5.74, 6) is -1.20. The Morgan fingerprint density at radius 2 is 2.32 bits per heavy atom. The molecule has 1 unspecified atom stereocenters. The standard InChI is InChI=1S/C12H14N2O5/c1-12(4-5-19-7-12)13-10-3-2-8(14(17)18)6-9(10)11(15)16/h2-3,6,13H,4-5,7H2,1H3,(H,15,16). The van der Waals surface area contributed by atoms with Gasteiger partial charge in [0.2, 0.25) is 0 Å². The molecule has 1 aliphatic rings. The van der Waals surface area contributed by atoms with E-state index in [4.69, 9.17) is 9.84 Å². The van der Waals surface area contributed by atoms with Crippen LogP contribution >= 0.6 is 0 Å². The van der Waals surface area contributed by atoms with Gasteiger partial charge in [0.25, 0.3) is 5.69 Å². The number of ether oxygens (including phenoxy) is 1. The fourth-order valence-corrected chi connectivity index (χ4v) is 2.02. The van der Waals surface area contributed by atoms with E-state index >= 15 is 0 Å². The van der Waals surface area contributed by atoms with Gasteiger partial charge in [-0.25, -0.2) is 4.79 Å². The second-order valence-electron chi connectivity index (χ2n) is 4.78. The van der Waals surface area contributed by atoms with E-state index in [1.807, 2.05) is 6.92 Å². The summed E-state index contributed by atoms with van der Waals surface area (Å²) in [4.78, 5) is 21.2. The molecule has 1 fully saturated rings. The van der Waals surface area contributed by atoms with Crippen LogP contribution in [0.3, 0.4) is 0 Å². The van der Waals surface area contributed by atoms with Crippen LogP contribution in [0, 0.1) is 10.1 Å². The largest absolute Gasteiger partial charge is 0.478 e. The van der Waals surface area contributed by atoms with Gasteiger partial charge >= 0.3 is 5.97 Å². The molecule has 0 radical (unpaired) electrons. The molecule has 1 aliphatic heterocycles. The third kappa shape index (κ3) is 2.82. The molecule has 7 nitrogen and oxygen atoms in total. The van der Waals surface area contributed by atoms with E-state index in [9.17, 15) is 14.9 Å². The van der Waals surface area contributed by atoms with Crippen molar-refractivity contribution in [2.75, 3.05) is 18.5 Å². The lowest BCUT2D eigenvalue weighted by Crippen LogP contribution is -2.35. The number of carboxylic acid groups (broad SMARTS) is 1. The first-order chi connectivity index (χ1) is 8.91. The van der Waals surface area contributed by atoms with Crippen molar-refractivity contribution in [3.8, 4) is 0 Å². The number of hydrogen-bond donors (Lipinski definition) is 2. The second-order valence-corrected chi connectivity index (χ2v) is 4.78. The van der Waals surface area contributed by atoms with Gasteiger partial charge < -0.3 is 15.2 Å². The van der Waals surface area contributed by atoms with Gasteiger partial charge in [-0.1, -0.05) is 0 Å². The highest BCUT2D eigenvalue weighted by Gasteiger charge is 2.31. The molecule has 1 heterocycles. The van der Waals surface area contributed by atoms with Crippen LogP contribution in [0.2, 0.25) is 0 Å². The van der Waals surface area contributed by atoms with E-state index in [1.54, 1.807) is 0 Å². The van der Waals surface area contributed by atoms with Crippen LogP contribution in [0.4, 0.5) is 11.4 Å². The number of carboxylic acids is 1. The zero-order valence-electron chi connectivity index (χ0n) is 10.4. The van der Waals surface area contributed by atoms with Crippen LogP contribution < -0.4 is 5.32 Å². The van der Waals surface area contributed by atoms with Crippen molar-refractivity contribution in [3.63, 3.8) is 0 Å². The van der Waals surface area contributed by atoms with Crippen LogP contribution in [0.15, 0.2) is 18.2 Å². The predicted molar refractivity (Wildman–Crippen MR) is 67.5 cm³/mol. The molecule has 0 bridgehead atoms. The predicted octanol–water partition coefficient (Wildman–Crippen LogP) is 1.88. The van der Waals surface area contributed by atoms with Gasteiger partial charge in [0.05, 0.1) is 22.6 Å². The maximum atomic E-state index is 11.2. The van der Waals surface area contributed by atoms with E-state index in [2.05, 4.69) is 5.32 Å². The number of carbonyl (C=O) groups is 1. The van der Waals surface area contributed by atoms with Crippen molar-refractivity contribution in [1.29, 1.82) is 0 Å². The van der Waals surface area contributed by atoms with Crippen molar-refractivity contribution < 1.29 is 19.6 Å². The average Bonchev–Trinajstić information content (AvgIpc) is 2.75. The Bertz CT molecular complexity index is 523. The Balaban J connectivity index is 2.34. The minimum Gasteiger partial charge on any atom is -0.478 e. The molecule has 19 heavy (non-hydrogen) atoms. The summed E-state index contributed by atoms with van der Waals surface area (Å²) in [6.45, 7) is 3.01. The number of aromatic carboxylic acids is 1. The smallest absolute Gasteiger partial charge is 0.338 e.